The molecule has 140 valence electrons. The van der Waals surface area contributed by atoms with Crippen LogP contribution in [0.2, 0.25) is 0 Å². The molecular formula is C16H23NO6S2. The maximum absolute atomic E-state index is 13.2. The second-order valence-corrected chi connectivity index (χ2v) is 9.62. The lowest BCUT2D eigenvalue weighted by Crippen LogP contribution is -2.42. The molecule has 25 heavy (non-hydrogen) atoms. The fourth-order valence-corrected chi connectivity index (χ4v) is 6.78. The van der Waals surface area contributed by atoms with Gasteiger partial charge in [0, 0.05) is 13.1 Å². The molecule has 0 saturated carbocycles. The van der Waals surface area contributed by atoms with Crippen LogP contribution in [-0.4, -0.2) is 52.0 Å². The summed E-state index contributed by atoms with van der Waals surface area (Å²) in [5, 5.41) is 0. The number of carbonyl (C=O) groups excluding carboxylic acids is 2. The second kappa shape index (κ2) is 7.43. The van der Waals surface area contributed by atoms with Crippen molar-refractivity contribution in [3.63, 3.8) is 0 Å². The van der Waals surface area contributed by atoms with Crippen LogP contribution in [0.3, 0.4) is 0 Å². The van der Waals surface area contributed by atoms with Crippen LogP contribution >= 0.6 is 11.3 Å². The molecule has 1 aromatic rings. The third kappa shape index (κ3) is 3.73. The van der Waals surface area contributed by atoms with Gasteiger partial charge in [-0.05, 0) is 30.7 Å². The third-order valence-corrected chi connectivity index (χ3v) is 7.88. The van der Waals surface area contributed by atoms with Gasteiger partial charge in [0.05, 0.1) is 19.8 Å². The Balaban J connectivity index is 2.59. The first-order chi connectivity index (χ1) is 11.6. The molecular weight excluding hydrogens is 366 g/mol. The summed E-state index contributed by atoms with van der Waals surface area (Å²) in [4.78, 5) is 24.2. The van der Waals surface area contributed by atoms with E-state index in [4.69, 9.17) is 9.47 Å². The molecule has 2 atom stereocenters. The van der Waals surface area contributed by atoms with Gasteiger partial charge >= 0.3 is 11.9 Å². The predicted molar refractivity (Wildman–Crippen MR) is 93.4 cm³/mol. The van der Waals surface area contributed by atoms with Crippen molar-refractivity contribution in [3.05, 3.63) is 16.0 Å². The van der Waals surface area contributed by atoms with Crippen LogP contribution in [-0.2, 0) is 19.5 Å². The van der Waals surface area contributed by atoms with E-state index in [1.807, 2.05) is 13.8 Å². The lowest BCUT2D eigenvalue weighted by atomic mass is 9.94. The van der Waals surface area contributed by atoms with Gasteiger partial charge in [0.1, 0.15) is 4.88 Å². The summed E-state index contributed by atoms with van der Waals surface area (Å²) in [6, 6.07) is 0. The van der Waals surface area contributed by atoms with Crippen molar-refractivity contribution in [3.8, 4) is 0 Å². The molecule has 1 fully saturated rings. The number of nitrogens with zero attached hydrogens (tertiary/aromatic N) is 1. The first kappa shape index (κ1) is 19.9. The first-order valence-electron chi connectivity index (χ1n) is 7.93. The van der Waals surface area contributed by atoms with Crippen molar-refractivity contribution in [2.45, 2.75) is 31.4 Å². The average Bonchev–Trinajstić information content (AvgIpc) is 2.90. The highest BCUT2D eigenvalue weighted by molar-refractivity contribution is 7.91. The zero-order valence-corrected chi connectivity index (χ0v) is 16.6. The maximum Gasteiger partial charge on any atom is 0.348 e. The van der Waals surface area contributed by atoms with Crippen molar-refractivity contribution in [1.82, 2.24) is 4.31 Å². The van der Waals surface area contributed by atoms with Crippen molar-refractivity contribution < 1.29 is 27.5 Å². The number of sulfonamides is 1. The first-order valence-corrected chi connectivity index (χ1v) is 10.2. The Morgan fingerprint density at radius 3 is 2.08 bits per heavy atom. The highest BCUT2D eigenvalue weighted by Crippen LogP contribution is 2.36. The van der Waals surface area contributed by atoms with E-state index in [1.54, 1.807) is 0 Å². The lowest BCUT2D eigenvalue weighted by molar-refractivity contribution is 0.0596. The van der Waals surface area contributed by atoms with E-state index in [2.05, 4.69) is 0 Å². The van der Waals surface area contributed by atoms with E-state index in [-0.39, 0.29) is 32.0 Å². The molecule has 1 aromatic heterocycles. The Bertz CT molecular complexity index is 773. The average molecular weight is 389 g/mol. The van der Waals surface area contributed by atoms with Gasteiger partial charge in [-0.2, -0.15) is 4.31 Å². The van der Waals surface area contributed by atoms with Crippen molar-refractivity contribution in [1.29, 1.82) is 0 Å². The van der Waals surface area contributed by atoms with Gasteiger partial charge in [-0.1, -0.05) is 13.8 Å². The fraction of sp³-hybridized carbons (Fsp3) is 0.625. The van der Waals surface area contributed by atoms with Crippen molar-refractivity contribution in [2.75, 3.05) is 27.3 Å². The maximum atomic E-state index is 13.2. The molecule has 2 rings (SSSR count). The molecule has 0 aliphatic carbocycles. The summed E-state index contributed by atoms with van der Waals surface area (Å²) in [5.74, 6) is -1.00. The predicted octanol–water partition coefficient (Wildman–Crippen LogP) is 2.30. The van der Waals surface area contributed by atoms with E-state index >= 15 is 0 Å². The van der Waals surface area contributed by atoms with Gasteiger partial charge in [-0.3, -0.25) is 0 Å². The number of piperidine rings is 1. The quantitative estimate of drug-likeness (QED) is 0.734. The van der Waals surface area contributed by atoms with Gasteiger partial charge in [0.25, 0.3) is 10.0 Å². The van der Waals surface area contributed by atoms with Gasteiger partial charge < -0.3 is 9.47 Å². The van der Waals surface area contributed by atoms with Gasteiger partial charge in [-0.15, -0.1) is 11.3 Å². The standard InChI is InChI=1S/C16H23NO6S2/c1-9-6-10(2)8-17(7-9)25(20,21)16-12(14(18)22-4)11(3)13(24-16)15(19)23-5/h9-10H,6-8H2,1-5H3/t9-,10+. The van der Waals surface area contributed by atoms with Crippen LogP contribution in [0.1, 0.15) is 45.9 Å². The Morgan fingerprint density at radius 1 is 1.08 bits per heavy atom. The molecule has 1 aliphatic heterocycles. The van der Waals surface area contributed by atoms with E-state index in [0.29, 0.717) is 13.1 Å². The topological polar surface area (TPSA) is 90.0 Å². The van der Waals surface area contributed by atoms with Crippen LogP contribution in [0, 0.1) is 18.8 Å². The Hall–Kier alpha value is -1.45. The van der Waals surface area contributed by atoms with E-state index in [0.717, 1.165) is 17.8 Å². The molecule has 0 amide bonds. The molecule has 0 bridgehead atoms. The van der Waals surface area contributed by atoms with Crippen molar-refractivity contribution >= 4 is 33.3 Å². The van der Waals surface area contributed by atoms with Gasteiger partial charge in [-0.25, -0.2) is 18.0 Å². The number of rotatable bonds is 4. The largest absolute Gasteiger partial charge is 0.465 e. The highest BCUT2D eigenvalue weighted by Gasteiger charge is 2.38. The number of methoxy groups -OCH3 is 2. The monoisotopic (exact) mass is 389 g/mol. The zero-order chi connectivity index (χ0) is 18.9. The van der Waals surface area contributed by atoms with E-state index in [9.17, 15) is 18.0 Å². The summed E-state index contributed by atoms with van der Waals surface area (Å²) in [6.07, 6.45) is 0.951. The number of esters is 2. The number of thiophene rings is 1. The Kier molecular flexibility index (Phi) is 5.90. The summed E-state index contributed by atoms with van der Waals surface area (Å²) >= 11 is 0.761. The minimum Gasteiger partial charge on any atom is -0.465 e. The lowest BCUT2D eigenvalue weighted by Gasteiger charge is -2.33. The second-order valence-electron chi connectivity index (χ2n) is 6.47. The SMILES string of the molecule is COC(=O)c1sc(S(=O)(=O)N2C[C@H](C)C[C@H](C)C2)c(C(=O)OC)c1C. The molecule has 0 radical (unpaired) electrons. The molecule has 7 nitrogen and oxygen atoms in total. The number of carbonyl (C=O) groups is 2. The summed E-state index contributed by atoms with van der Waals surface area (Å²) in [5.41, 5.74) is 0.180. The molecule has 1 saturated heterocycles. The number of hydrogen-bond donors (Lipinski definition) is 0. The molecule has 0 spiro atoms. The smallest absolute Gasteiger partial charge is 0.348 e. The van der Waals surface area contributed by atoms with Gasteiger partial charge in [0.15, 0.2) is 4.21 Å². The molecule has 1 aliphatic rings. The third-order valence-electron chi connectivity index (χ3n) is 4.28. The molecule has 2 heterocycles. The zero-order valence-electron chi connectivity index (χ0n) is 15.0. The minimum absolute atomic E-state index is 0.0845. The van der Waals surface area contributed by atoms with Crippen LogP contribution in [0.15, 0.2) is 4.21 Å². The van der Waals surface area contributed by atoms with Crippen LogP contribution in [0.25, 0.3) is 0 Å². The number of hydrogen-bond acceptors (Lipinski definition) is 7. The normalized spacial score (nSPS) is 21.8. The number of ether oxygens (including phenoxy) is 2. The summed E-state index contributed by atoms with van der Waals surface area (Å²) in [6.45, 7) is 6.29. The summed E-state index contributed by atoms with van der Waals surface area (Å²) in [7, 11) is -1.52. The van der Waals surface area contributed by atoms with Gasteiger partial charge in [0.2, 0.25) is 0 Å². The minimum atomic E-state index is -3.91. The molecule has 0 N–H and O–H groups in total. The van der Waals surface area contributed by atoms with E-state index in [1.165, 1.54) is 25.4 Å². The summed E-state index contributed by atoms with van der Waals surface area (Å²) < 4.78 is 37.0. The van der Waals surface area contributed by atoms with Crippen molar-refractivity contribution in [2.24, 2.45) is 11.8 Å². The highest BCUT2D eigenvalue weighted by atomic mass is 32.2. The van der Waals surface area contributed by atoms with Crippen LogP contribution in [0.5, 0.6) is 0 Å². The van der Waals surface area contributed by atoms with Crippen LogP contribution in [0.4, 0.5) is 0 Å². The molecule has 9 heteroatoms. The van der Waals surface area contributed by atoms with Crippen LogP contribution < -0.4 is 0 Å². The molecule has 0 unspecified atom stereocenters. The van der Waals surface area contributed by atoms with E-state index < -0.39 is 22.0 Å². The Labute approximate surface area is 152 Å². The molecule has 0 aromatic carbocycles. The fourth-order valence-electron chi connectivity index (χ4n) is 3.21. The Morgan fingerprint density at radius 2 is 1.60 bits per heavy atom.